The number of nitrogens with zero attached hydrogens (tertiary/aromatic N) is 2. The number of rotatable bonds is 24. The summed E-state index contributed by atoms with van der Waals surface area (Å²) in [7, 11) is 0. The van der Waals surface area contributed by atoms with Gasteiger partial charge >= 0.3 is 0 Å². The van der Waals surface area contributed by atoms with Gasteiger partial charge in [-0.25, -0.2) is 0 Å². The zero-order valence-corrected chi connectivity index (χ0v) is 49.0. The molecule has 0 aromatic heterocycles. The van der Waals surface area contributed by atoms with Crippen molar-refractivity contribution in [1.82, 2.24) is 0 Å². The smallest absolute Gasteiger partial charge is 0.0520 e. The van der Waals surface area contributed by atoms with Gasteiger partial charge in [0.2, 0.25) is 0 Å². The number of fused-ring (bicyclic) bond motifs is 3. The molecule has 0 saturated carbocycles. The van der Waals surface area contributed by atoms with Crippen LogP contribution in [-0.4, -0.2) is 0 Å². The Morgan fingerprint density at radius 3 is 1.34 bits per heavy atom. The lowest BCUT2D eigenvalue weighted by molar-refractivity contribution is 0.505. The maximum atomic E-state index is 3.78. The molecule has 4 heteroatoms. The number of halogens is 2. The maximum Gasteiger partial charge on any atom is 0.0520 e. The number of aryl methyl sites for hydroxylation is 8. The van der Waals surface area contributed by atoms with Gasteiger partial charge in [0.25, 0.3) is 0 Å². The Hall–Kier alpha value is -4.90. The summed E-state index contributed by atoms with van der Waals surface area (Å²) >= 11 is 7.56. The van der Waals surface area contributed by atoms with Crippen molar-refractivity contribution in [3.8, 4) is 11.1 Å². The van der Waals surface area contributed by atoms with Crippen molar-refractivity contribution in [1.29, 1.82) is 0 Å². The minimum Gasteiger partial charge on any atom is -0.310 e. The molecule has 1 atom stereocenters. The van der Waals surface area contributed by atoms with Crippen LogP contribution in [0.15, 0.2) is 136 Å². The Balaban J connectivity index is 1.43. The zero-order chi connectivity index (χ0) is 51.6. The van der Waals surface area contributed by atoms with Crippen molar-refractivity contribution < 1.29 is 0 Å². The Bertz CT molecular complexity index is 2910. The average molecular weight is 1100 g/mol. The molecule has 0 saturated heterocycles. The van der Waals surface area contributed by atoms with Gasteiger partial charge in [0.1, 0.15) is 0 Å². The number of hydrogen-bond acceptors (Lipinski definition) is 2. The van der Waals surface area contributed by atoms with Crippen LogP contribution in [0.1, 0.15) is 178 Å². The molecular formula is C69H82Br2N2. The fourth-order valence-electron chi connectivity index (χ4n) is 12.1. The molecule has 0 aliphatic heterocycles. The lowest BCUT2D eigenvalue weighted by atomic mass is 9.68. The molecule has 0 N–H and O–H groups in total. The fourth-order valence-corrected chi connectivity index (χ4v) is 12.6. The second kappa shape index (κ2) is 25.1. The van der Waals surface area contributed by atoms with Crippen molar-refractivity contribution in [3.63, 3.8) is 0 Å². The molecule has 8 rings (SSSR count). The molecule has 0 bridgehead atoms. The van der Waals surface area contributed by atoms with Gasteiger partial charge in [-0.05, 0) is 219 Å². The highest BCUT2D eigenvalue weighted by atomic mass is 79.9. The molecule has 382 valence electrons. The highest BCUT2D eigenvalue weighted by molar-refractivity contribution is 9.10. The minimum atomic E-state index is -0.397. The molecule has 0 fully saturated rings. The zero-order valence-electron chi connectivity index (χ0n) is 45.8. The summed E-state index contributed by atoms with van der Waals surface area (Å²) in [4.78, 5) is 5.07. The van der Waals surface area contributed by atoms with Crippen LogP contribution in [0.2, 0.25) is 0 Å². The van der Waals surface area contributed by atoms with Crippen molar-refractivity contribution in [2.45, 2.75) is 177 Å². The summed E-state index contributed by atoms with van der Waals surface area (Å²) in [5, 5.41) is 0. The lowest BCUT2D eigenvalue weighted by Gasteiger charge is -2.36. The van der Waals surface area contributed by atoms with Gasteiger partial charge < -0.3 is 9.80 Å². The highest BCUT2D eigenvalue weighted by Gasteiger charge is 2.45. The van der Waals surface area contributed by atoms with E-state index in [-0.39, 0.29) is 0 Å². The Labute approximate surface area is 458 Å². The van der Waals surface area contributed by atoms with Gasteiger partial charge in [-0.3, -0.25) is 0 Å². The molecule has 2 nitrogen and oxygen atoms in total. The molecule has 0 spiro atoms. The predicted octanol–water partition coefficient (Wildman–Crippen LogP) is 22.3. The Morgan fingerprint density at radius 1 is 0.384 bits per heavy atom. The van der Waals surface area contributed by atoms with E-state index < -0.39 is 5.41 Å². The van der Waals surface area contributed by atoms with Crippen LogP contribution >= 0.6 is 31.9 Å². The molecule has 7 aromatic carbocycles. The molecule has 0 radical (unpaired) electrons. The largest absolute Gasteiger partial charge is 0.310 e. The topological polar surface area (TPSA) is 6.48 Å². The summed E-state index contributed by atoms with van der Waals surface area (Å²) in [6, 6.07) is 50.3. The minimum absolute atomic E-state index is 0.397. The average Bonchev–Trinajstić information content (AvgIpc) is 3.65. The van der Waals surface area contributed by atoms with Crippen LogP contribution in [0.3, 0.4) is 0 Å². The summed E-state index contributed by atoms with van der Waals surface area (Å²) in [5.41, 5.74) is 24.7. The number of benzene rings is 7. The van der Waals surface area contributed by atoms with Gasteiger partial charge in [-0.15, -0.1) is 0 Å². The van der Waals surface area contributed by atoms with Gasteiger partial charge in [0.15, 0.2) is 0 Å². The molecule has 0 heterocycles. The van der Waals surface area contributed by atoms with Crippen molar-refractivity contribution in [2.75, 3.05) is 9.80 Å². The quantitative estimate of drug-likeness (QED) is 0.0557. The van der Waals surface area contributed by atoms with Crippen molar-refractivity contribution >= 4 is 66.0 Å². The van der Waals surface area contributed by atoms with E-state index >= 15 is 0 Å². The van der Waals surface area contributed by atoms with E-state index in [1.165, 1.54) is 179 Å². The molecular weight excluding hydrogens is 1020 g/mol. The molecule has 0 amide bonds. The fraction of sp³-hybridized carbons (Fsp3) is 0.391. The third-order valence-corrected chi connectivity index (χ3v) is 17.0. The van der Waals surface area contributed by atoms with Crippen LogP contribution < -0.4 is 9.80 Å². The van der Waals surface area contributed by atoms with Crippen LogP contribution in [0.5, 0.6) is 0 Å². The van der Waals surface area contributed by atoms with Crippen molar-refractivity contribution in [3.05, 3.63) is 198 Å². The van der Waals surface area contributed by atoms with Crippen LogP contribution in [0.4, 0.5) is 34.1 Å². The number of unbranched alkanes of at least 4 members (excludes halogenated alkanes) is 11. The van der Waals surface area contributed by atoms with Gasteiger partial charge in [-0.2, -0.15) is 0 Å². The van der Waals surface area contributed by atoms with Crippen LogP contribution in [0, 0.1) is 41.5 Å². The second-order valence-electron chi connectivity index (χ2n) is 21.6. The Kier molecular flexibility index (Phi) is 18.7. The molecule has 1 aliphatic carbocycles. The third kappa shape index (κ3) is 12.3. The summed E-state index contributed by atoms with van der Waals surface area (Å²) < 4.78 is 2.17. The predicted molar refractivity (Wildman–Crippen MR) is 325 cm³/mol. The summed E-state index contributed by atoms with van der Waals surface area (Å²) in [6.07, 6.45) is 20.9. The number of hydrogen-bond donors (Lipinski definition) is 0. The molecule has 73 heavy (non-hydrogen) atoms. The summed E-state index contributed by atoms with van der Waals surface area (Å²) in [5.74, 6) is 0. The van der Waals surface area contributed by atoms with Gasteiger partial charge in [0.05, 0.1) is 5.69 Å². The van der Waals surface area contributed by atoms with Crippen molar-refractivity contribution in [2.24, 2.45) is 0 Å². The van der Waals surface area contributed by atoms with E-state index in [2.05, 4.69) is 231 Å². The first-order valence-corrected chi connectivity index (χ1v) is 29.6. The highest BCUT2D eigenvalue weighted by Crippen LogP contribution is 2.58. The van der Waals surface area contributed by atoms with E-state index in [0.29, 0.717) is 0 Å². The Morgan fingerprint density at radius 2 is 0.822 bits per heavy atom. The van der Waals surface area contributed by atoms with Crippen LogP contribution in [-0.2, 0) is 18.3 Å². The standard InChI is InChI=1S/C69H82Br2N2/c1-10-13-16-19-20-23-38-69(56-44-54(24-21-17-14-11-2)43-55(45-56)25-22-18-15-12-3)65-46-61(72(59-30-26-57(70)27-31-59)67-42-50(6)49(5)41-51(67)7)34-36-63(65)64-37-35-62(47-66(64)69)73(60-32-28-58(71)29-33-60)68-52(8)39-48(4)40-53(68)9/h26-37,39-47H,10-25,38H2,1-9H3. The lowest BCUT2D eigenvalue weighted by Crippen LogP contribution is -2.28. The SMILES string of the molecule is CCCCCCCCC1(c2cc(CCCCCC)cc(CCCCCC)c2)c2cc(N(c3ccc(Br)cc3)c3cc(C)c(C)cc3C)ccc2-c2ccc(N(c3ccc(Br)cc3)c3c(C)cc(C)cc3C)cc21. The molecule has 1 aliphatic rings. The second-order valence-corrected chi connectivity index (χ2v) is 23.5. The van der Waals surface area contributed by atoms with Gasteiger partial charge in [0, 0.05) is 42.8 Å². The normalized spacial score (nSPS) is 13.8. The summed E-state index contributed by atoms with van der Waals surface area (Å²) in [6.45, 7) is 20.6. The molecule has 1 unspecified atom stereocenters. The first kappa shape index (κ1) is 54.4. The van der Waals surface area contributed by atoms with E-state index in [1.807, 2.05) is 0 Å². The first-order chi connectivity index (χ1) is 35.4. The van der Waals surface area contributed by atoms with Gasteiger partial charge in [-0.1, -0.05) is 184 Å². The number of anilines is 6. The maximum absolute atomic E-state index is 3.78. The first-order valence-electron chi connectivity index (χ1n) is 28.1. The van der Waals surface area contributed by atoms with E-state index in [0.717, 1.165) is 46.0 Å². The monoisotopic (exact) mass is 1100 g/mol. The van der Waals surface area contributed by atoms with E-state index in [1.54, 1.807) is 0 Å². The van der Waals surface area contributed by atoms with E-state index in [4.69, 9.17) is 0 Å². The van der Waals surface area contributed by atoms with E-state index in [9.17, 15) is 0 Å². The molecule has 7 aromatic rings. The third-order valence-electron chi connectivity index (χ3n) is 15.9. The van der Waals surface area contributed by atoms with Crippen LogP contribution in [0.25, 0.3) is 11.1 Å².